The Kier molecular flexibility index (Phi) is 4.64. The Labute approximate surface area is 115 Å². The molecule has 9 heteroatoms. The number of carbonyl (C=O) groups excluding carboxylic acids is 3. The summed E-state index contributed by atoms with van der Waals surface area (Å²) >= 11 is 0. The number of nitrogens with one attached hydrogen (secondary N) is 3. The molecule has 1 fully saturated rings. The molecule has 0 aliphatic carbocycles. The molecule has 0 saturated carbocycles. The molecule has 0 radical (unpaired) electrons. The van der Waals surface area contributed by atoms with Crippen LogP contribution in [0, 0.1) is 0 Å². The van der Waals surface area contributed by atoms with E-state index in [0.717, 1.165) is 6.42 Å². The molecule has 0 spiro atoms. The van der Waals surface area contributed by atoms with Gasteiger partial charge in [-0.1, -0.05) is 0 Å². The molecule has 2 rings (SSSR count). The van der Waals surface area contributed by atoms with E-state index >= 15 is 0 Å². The van der Waals surface area contributed by atoms with Gasteiger partial charge in [0.15, 0.2) is 0 Å². The summed E-state index contributed by atoms with van der Waals surface area (Å²) in [6.45, 7) is 1.21. The van der Waals surface area contributed by atoms with Crippen LogP contribution in [0.25, 0.3) is 0 Å². The first kappa shape index (κ1) is 14.0. The van der Waals surface area contributed by atoms with Crippen LogP contribution < -0.4 is 16.0 Å². The smallest absolute Gasteiger partial charge is 0.322 e. The number of hydrogen-bond donors (Lipinski definition) is 3. The van der Waals surface area contributed by atoms with E-state index in [2.05, 4.69) is 26.0 Å². The molecular weight excluding hydrogens is 264 g/mol. The largest absolute Gasteiger partial charge is 0.356 e. The van der Waals surface area contributed by atoms with Crippen molar-refractivity contribution in [1.29, 1.82) is 0 Å². The fourth-order valence-corrected chi connectivity index (χ4v) is 1.84. The summed E-state index contributed by atoms with van der Waals surface area (Å²) in [5.74, 6) is -0.522. The molecule has 108 valence electrons. The van der Waals surface area contributed by atoms with Crippen molar-refractivity contribution in [3.63, 3.8) is 0 Å². The standard InChI is InChI=1S/C11H16N6O3/c18-9(3-2-8-10(19)16-11(20)15-8)13-4-1-5-17-7-12-6-14-17/h6-8H,1-5H2,(H,13,18)(H2,15,16,19,20). The topological polar surface area (TPSA) is 118 Å². The second kappa shape index (κ2) is 6.64. The SMILES string of the molecule is O=C(CCC1NC(=O)NC1=O)NCCCn1cncn1. The van der Waals surface area contributed by atoms with E-state index in [9.17, 15) is 14.4 Å². The maximum Gasteiger partial charge on any atom is 0.322 e. The number of aryl methyl sites for hydroxylation is 1. The number of amides is 4. The van der Waals surface area contributed by atoms with Gasteiger partial charge in [0.05, 0.1) is 0 Å². The minimum atomic E-state index is -0.608. The fraction of sp³-hybridized carbons (Fsp3) is 0.545. The van der Waals surface area contributed by atoms with Crippen molar-refractivity contribution in [2.75, 3.05) is 6.54 Å². The van der Waals surface area contributed by atoms with E-state index in [4.69, 9.17) is 0 Å². The van der Waals surface area contributed by atoms with Gasteiger partial charge in [-0.05, 0) is 12.8 Å². The summed E-state index contributed by atoms with van der Waals surface area (Å²) in [5.41, 5.74) is 0. The van der Waals surface area contributed by atoms with Gasteiger partial charge in [-0.2, -0.15) is 5.10 Å². The Morgan fingerprint density at radius 2 is 2.30 bits per heavy atom. The highest BCUT2D eigenvalue weighted by Crippen LogP contribution is 2.02. The monoisotopic (exact) mass is 280 g/mol. The van der Waals surface area contributed by atoms with Crippen molar-refractivity contribution < 1.29 is 14.4 Å². The Morgan fingerprint density at radius 1 is 1.45 bits per heavy atom. The van der Waals surface area contributed by atoms with Crippen molar-refractivity contribution in [2.24, 2.45) is 0 Å². The number of rotatable bonds is 7. The molecule has 1 aliphatic heterocycles. The van der Waals surface area contributed by atoms with Gasteiger partial charge in [-0.15, -0.1) is 0 Å². The van der Waals surface area contributed by atoms with E-state index in [1.165, 1.54) is 6.33 Å². The summed E-state index contributed by atoms with van der Waals surface area (Å²) in [6, 6.07) is -1.11. The number of aromatic nitrogens is 3. The van der Waals surface area contributed by atoms with E-state index in [0.29, 0.717) is 19.5 Å². The minimum Gasteiger partial charge on any atom is -0.356 e. The predicted octanol–water partition coefficient (Wildman–Crippen LogP) is -1.23. The van der Waals surface area contributed by atoms with Gasteiger partial charge < -0.3 is 10.6 Å². The summed E-state index contributed by atoms with van der Waals surface area (Å²) in [5, 5.41) is 11.3. The summed E-state index contributed by atoms with van der Waals surface area (Å²) in [6.07, 6.45) is 4.31. The number of imide groups is 1. The maximum absolute atomic E-state index is 11.6. The first-order valence-corrected chi connectivity index (χ1v) is 6.35. The Morgan fingerprint density at radius 3 is 2.95 bits per heavy atom. The lowest BCUT2D eigenvalue weighted by atomic mass is 10.1. The second-order valence-electron chi connectivity index (χ2n) is 4.42. The Hall–Kier alpha value is -2.45. The average molecular weight is 280 g/mol. The Balaban J connectivity index is 1.56. The lowest BCUT2D eigenvalue weighted by molar-refractivity contribution is -0.122. The molecule has 2 heterocycles. The third-order valence-corrected chi connectivity index (χ3v) is 2.87. The molecule has 0 aromatic carbocycles. The fourth-order valence-electron chi connectivity index (χ4n) is 1.84. The van der Waals surface area contributed by atoms with Crippen LogP contribution in [-0.2, 0) is 16.1 Å². The molecule has 9 nitrogen and oxygen atoms in total. The van der Waals surface area contributed by atoms with Gasteiger partial charge >= 0.3 is 6.03 Å². The third kappa shape index (κ3) is 4.04. The summed E-state index contributed by atoms with van der Waals surface area (Å²) in [7, 11) is 0. The van der Waals surface area contributed by atoms with Crippen LogP contribution in [0.4, 0.5) is 4.79 Å². The van der Waals surface area contributed by atoms with Crippen molar-refractivity contribution in [3.05, 3.63) is 12.7 Å². The maximum atomic E-state index is 11.6. The van der Waals surface area contributed by atoms with E-state index < -0.39 is 12.1 Å². The van der Waals surface area contributed by atoms with Gasteiger partial charge in [0.1, 0.15) is 18.7 Å². The third-order valence-electron chi connectivity index (χ3n) is 2.87. The molecule has 1 unspecified atom stereocenters. The van der Waals surface area contributed by atoms with E-state index in [1.54, 1.807) is 11.0 Å². The van der Waals surface area contributed by atoms with E-state index in [1.807, 2.05) is 0 Å². The minimum absolute atomic E-state index is 0.141. The highest BCUT2D eigenvalue weighted by molar-refractivity contribution is 6.04. The number of carbonyl (C=O) groups is 3. The number of hydrogen-bond acceptors (Lipinski definition) is 5. The van der Waals surface area contributed by atoms with E-state index in [-0.39, 0.29) is 18.2 Å². The Bertz CT molecular complexity index is 486. The molecule has 20 heavy (non-hydrogen) atoms. The normalized spacial score (nSPS) is 17.7. The molecule has 1 aromatic heterocycles. The quantitative estimate of drug-likeness (QED) is 0.427. The molecule has 1 aliphatic rings. The van der Waals surface area contributed by atoms with Crippen LogP contribution in [-0.4, -0.2) is 45.2 Å². The molecular formula is C11H16N6O3. The zero-order valence-corrected chi connectivity index (χ0v) is 10.8. The van der Waals surface area contributed by atoms with Crippen molar-refractivity contribution in [2.45, 2.75) is 31.8 Å². The first-order chi connectivity index (χ1) is 9.65. The first-order valence-electron chi connectivity index (χ1n) is 6.35. The van der Waals surface area contributed by atoms with Crippen molar-refractivity contribution in [1.82, 2.24) is 30.7 Å². The lowest BCUT2D eigenvalue weighted by Gasteiger charge is -2.08. The lowest BCUT2D eigenvalue weighted by Crippen LogP contribution is -2.32. The van der Waals surface area contributed by atoms with Crippen LogP contribution in [0.1, 0.15) is 19.3 Å². The molecule has 0 bridgehead atoms. The zero-order valence-electron chi connectivity index (χ0n) is 10.8. The average Bonchev–Trinajstić information content (AvgIpc) is 3.02. The van der Waals surface area contributed by atoms with Gasteiger partial charge in [-0.25, -0.2) is 9.78 Å². The molecule has 1 saturated heterocycles. The van der Waals surface area contributed by atoms with Crippen LogP contribution in [0.2, 0.25) is 0 Å². The van der Waals surface area contributed by atoms with Crippen molar-refractivity contribution in [3.8, 4) is 0 Å². The van der Waals surface area contributed by atoms with Crippen LogP contribution in [0.3, 0.4) is 0 Å². The van der Waals surface area contributed by atoms with Crippen LogP contribution >= 0.6 is 0 Å². The van der Waals surface area contributed by atoms with Crippen LogP contribution in [0.15, 0.2) is 12.7 Å². The summed E-state index contributed by atoms with van der Waals surface area (Å²) < 4.78 is 1.69. The van der Waals surface area contributed by atoms with Crippen LogP contribution in [0.5, 0.6) is 0 Å². The summed E-state index contributed by atoms with van der Waals surface area (Å²) in [4.78, 5) is 37.5. The van der Waals surface area contributed by atoms with Gasteiger partial charge in [0.2, 0.25) is 5.91 Å². The predicted molar refractivity (Wildman–Crippen MR) is 67.3 cm³/mol. The molecule has 1 atom stereocenters. The molecule has 4 amide bonds. The van der Waals surface area contributed by atoms with Gasteiger partial charge in [-0.3, -0.25) is 19.6 Å². The zero-order chi connectivity index (χ0) is 14.4. The second-order valence-corrected chi connectivity index (χ2v) is 4.42. The van der Waals surface area contributed by atoms with Crippen molar-refractivity contribution >= 4 is 17.8 Å². The molecule has 1 aromatic rings. The highest BCUT2D eigenvalue weighted by atomic mass is 16.2. The number of urea groups is 1. The highest BCUT2D eigenvalue weighted by Gasteiger charge is 2.29. The number of nitrogens with zero attached hydrogens (tertiary/aromatic N) is 3. The molecule has 3 N–H and O–H groups in total. The van der Waals surface area contributed by atoms with Gasteiger partial charge in [0.25, 0.3) is 5.91 Å². The van der Waals surface area contributed by atoms with Gasteiger partial charge in [0, 0.05) is 19.5 Å².